The van der Waals surface area contributed by atoms with Gasteiger partial charge in [-0.05, 0) is 93.1 Å². The number of hydrogen-bond acceptors (Lipinski definition) is 9. The van der Waals surface area contributed by atoms with Crippen LogP contribution in [-0.2, 0) is 36.0 Å². The Morgan fingerprint density at radius 2 is 1.52 bits per heavy atom. The van der Waals surface area contributed by atoms with Gasteiger partial charge in [-0.25, -0.2) is 0 Å². The standard InChI is InChI=1S/C38H41N5O7/c1-40-18-28(24-5-4-6-25(24)35(40)46)22-15-31(49-2)29(32(16-22)50-3)19-41-13-11-38(12-14-41)20-42(21-38)23-7-8-26-27(17-23)37(48)43(36(26)47)30-9-10-33(44)39-34(30)45/h7-8,15-18,30H,4-6,9-14,19-21H2,1-3H3,(H,39,44,45). The van der Waals surface area contributed by atoms with E-state index in [4.69, 9.17) is 9.47 Å². The molecule has 260 valence electrons. The van der Waals surface area contributed by atoms with Crippen molar-refractivity contribution in [2.75, 3.05) is 45.3 Å². The lowest BCUT2D eigenvalue weighted by Gasteiger charge is -2.55. The van der Waals surface area contributed by atoms with Crippen molar-refractivity contribution >= 4 is 29.3 Å². The number of ether oxygens (including phenoxy) is 2. The number of carbonyl (C=O) groups excluding carboxylic acids is 4. The number of aromatic nitrogens is 1. The zero-order valence-corrected chi connectivity index (χ0v) is 28.7. The lowest BCUT2D eigenvalue weighted by Crippen LogP contribution is -2.60. The second-order valence-corrected chi connectivity index (χ2v) is 14.4. The van der Waals surface area contributed by atoms with Gasteiger partial charge in [-0.15, -0.1) is 0 Å². The van der Waals surface area contributed by atoms with Crippen LogP contribution in [0.25, 0.3) is 11.1 Å². The normalized spacial score (nSPS) is 21.3. The van der Waals surface area contributed by atoms with Gasteiger partial charge in [0.1, 0.15) is 17.5 Å². The molecule has 1 unspecified atom stereocenters. The number of pyridine rings is 1. The molecule has 8 rings (SSSR count). The number of likely N-dealkylation sites (tertiary alicyclic amines) is 1. The highest BCUT2D eigenvalue weighted by atomic mass is 16.5. The summed E-state index contributed by atoms with van der Waals surface area (Å²) in [6.07, 6.45) is 6.92. The molecule has 3 fully saturated rings. The zero-order chi connectivity index (χ0) is 34.9. The molecular formula is C38H41N5O7. The first-order chi connectivity index (χ1) is 24.1. The van der Waals surface area contributed by atoms with E-state index >= 15 is 0 Å². The van der Waals surface area contributed by atoms with Gasteiger partial charge in [0.15, 0.2) is 0 Å². The molecule has 1 N–H and O–H groups in total. The molecule has 1 spiro atoms. The van der Waals surface area contributed by atoms with Gasteiger partial charge in [0, 0.05) is 61.5 Å². The van der Waals surface area contributed by atoms with Crippen molar-refractivity contribution in [3.8, 4) is 22.6 Å². The third kappa shape index (κ3) is 5.19. The Morgan fingerprint density at radius 1 is 0.840 bits per heavy atom. The number of hydrogen-bond donors (Lipinski definition) is 1. The van der Waals surface area contributed by atoms with Gasteiger partial charge in [-0.2, -0.15) is 0 Å². The predicted molar refractivity (Wildman–Crippen MR) is 185 cm³/mol. The fourth-order valence-corrected chi connectivity index (χ4v) is 8.69. The predicted octanol–water partition coefficient (Wildman–Crippen LogP) is 3.06. The molecule has 4 amide bonds. The van der Waals surface area contributed by atoms with Gasteiger partial charge in [0.25, 0.3) is 17.4 Å². The first kappa shape index (κ1) is 32.2. The van der Waals surface area contributed by atoms with E-state index in [1.165, 1.54) is 0 Å². The highest BCUT2D eigenvalue weighted by molar-refractivity contribution is 6.23. The summed E-state index contributed by atoms with van der Waals surface area (Å²) in [5.41, 5.74) is 6.87. The van der Waals surface area contributed by atoms with Crippen LogP contribution >= 0.6 is 0 Å². The van der Waals surface area contributed by atoms with E-state index in [1.54, 1.807) is 30.9 Å². The highest BCUT2D eigenvalue weighted by Gasteiger charge is 2.47. The summed E-state index contributed by atoms with van der Waals surface area (Å²) in [6, 6.07) is 8.51. The van der Waals surface area contributed by atoms with Crippen molar-refractivity contribution in [2.24, 2.45) is 12.5 Å². The molecule has 5 heterocycles. The summed E-state index contributed by atoms with van der Waals surface area (Å²) in [5.74, 6) is -0.423. The van der Waals surface area contributed by atoms with E-state index in [0.717, 1.165) is 108 Å². The fourth-order valence-electron chi connectivity index (χ4n) is 8.69. The Labute approximate surface area is 289 Å². The molecule has 1 aliphatic carbocycles. The number of methoxy groups -OCH3 is 2. The third-order valence-corrected chi connectivity index (χ3v) is 11.5. The van der Waals surface area contributed by atoms with Crippen LogP contribution in [0.1, 0.15) is 69.5 Å². The minimum atomic E-state index is -0.972. The number of benzene rings is 2. The summed E-state index contributed by atoms with van der Waals surface area (Å²) in [5, 5.41) is 2.24. The van der Waals surface area contributed by atoms with Crippen LogP contribution in [-0.4, -0.2) is 84.4 Å². The maximum Gasteiger partial charge on any atom is 0.262 e. The topological polar surface area (TPSA) is 130 Å². The molecule has 0 bridgehead atoms. The van der Waals surface area contributed by atoms with Gasteiger partial charge in [0.2, 0.25) is 11.8 Å². The Bertz CT molecular complexity index is 1990. The Hall–Kier alpha value is -4.97. The molecule has 0 saturated carbocycles. The molecule has 2 aromatic carbocycles. The quantitative estimate of drug-likeness (QED) is 0.375. The number of nitrogens with one attached hydrogen (secondary N) is 1. The molecule has 12 heteroatoms. The van der Waals surface area contributed by atoms with Gasteiger partial charge < -0.3 is 18.9 Å². The maximum atomic E-state index is 13.3. The zero-order valence-electron chi connectivity index (χ0n) is 28.7. The van der Waals surface area contributed by atoms with E-state index in [1.807, 2.05) is 19.3 Å². The van der Waals surface area contributed by atoms with Crippen molar-refractivity contribution in [1.82, 2.24) is 19.7 Å². The summed E-state index contributed by atoms with van der Waals surface area (Å²) >= 11 is 0. The van der Waals surface area contributed by atoms with E-state index in [9.17, 15) is 24.0 Å². The second-order valence-electron chi connectivity index (χ2n) is 14.4. The van der Waals surface area contributed by atoms with E-state index in [2.05, 4.69) is 27.2 Å². The smallest absolute Gasteiger partial charge is 0.262 e. The van der Waals surface area contributed by atoms with E-state index < -0.39 is 29.7 Å². The monoisotopic (exact) mass is 679 g/mol. The number of amides is 4. The van der Waals surface area contributed by atoms with Gasteiger partial charge in [-0.1, -0.05) is 0 Å². The van der Waals surface area contributed by atoms with Crippen molar-refractivity contribution in [2.45, 2.75) is 57.5 Å². The molecule has 12 nitrogen and oxygen atoms in total. The minimum Gasteiger partial charge on any atom is -0.496 e. The lowest BCUT2D eigenvalue weighted by atomic mass is 9.71. The molecule has 1 atom stereocenters. The average molecular weight is 680 g/mol. The first-order valence-electron chi connectivity index (χ1n) is 17.4. The Morgan fingerprint density at radius 3 is 2.20 bits per heavy atom. The Balaban J connectivity index is 0.930. The molecule has 1 aromatic heterocycles. The number of piperidine rings is 2. The molecule has 5 aliphatic rings. The van der Waals surface area contributed by atoms with Crippen LogP contribution in [0.2, 0.25) is 0 Å². The SMILES string of the molecule is COc1cc(-c2cn(C)c(=O)c3c2CCC3)cc(OC)c1CN1CCC2(CC1)CN(c1ccc3c(c1)C(=O)N(C1CCC(=O)NC1=O)C3=O)C2. The van der Waals surface area contributed by atoms with Crippen molar-refractivity contribution < 1.29 is 28.7 Å². The highest BCUT2D eigenvalue weighted by Crippen LogP contribution is 2.45. The maximum absolute atomic E-state index is 13.3. The van der Waals surface area contributed by atoms with E-state index in [0.29, 0.717) is 17.7 Å². The number of nitrogens with zero attached hydrogens (tertiary/aromatic N) is 4. The molecular weight excluding hydrogens is 638 g/mol. The second kappa shape index (κ2) is 12.1. The lowest BCUT2D eigenvalue weighted by molar-refractivity contribution is -0.136. The number of rotatable bonds is 7. The minimum absolute atomic E-state index is 0.0893. The third-order valence-electron chi connectivity index (χ3n) is 11.5. The van der Waals surface area contributed by atoms with Crippen LogP contribution in [0.5, 0.6) is 11.5 Å². The van der Waals surface area contributed by atoms with E-state index in [-0.39, 0.29) is 23.8 Å². The molecule has 0 radical (unpaired) electrons. The largest absolute Gasteiger partial charge is 0.496 e. The summed E-state index contributed by atoms with van der Waals surface area (Å²) in [7, 11) is 5.19. The van der Waals surface area contributed by atoms with Crippen LogP contribution in [0.3, 0.4) is 0 Å². The van der Waals surface area contributed by atoms with Crippen molar-refractivity contribution in [3.63, 3.8) is 0 Å². The molecule has 3 aromatic rings. The van der Waals surface area contributed by atoms with Gasteiger partial charge in [-0.3, -0.25) is 39.1 Å². The number of anilines is 1. The summed E-state index contributed by atoms with van der Waals surface area (Å²) in [6.45, 7) is 4.28. The average Bonchev–Trinajstić information content (AvgIpc) is 3.69. The Kier molecular flexibility index (Phi) is 7.81. The van der Waals surface area contributed by atoms with Crippen molar-refractivity contribution in [1.29, 1.82) is 0 Å². The molecule has 3 saturated heterocycles. The first-order valence-corrected chi connectivity index (χ1v) is 17.4. The number of fused-ring (bicyclic) bond motifs is 2. The van der Waals surface area contributed by atoms with Gasteiger partial charge >= 0.3 is 0 Å². The molecule has 50 heavy (non-hydrogen) atoms. The van der Waals surface area contributed by atoms with Crippen LogP contribution < -0.4 is 25.2 Å². The van der Waals surface area contributed by atoms with Gasteiger partial charge in [0.05, 0.1) is 30.9 Å². The number of aryl methyl sites for hydroxylation is 1. The molecule has 4 aliphatic heterocycles. The fraction of sp³-hybridized carbons (Fsp3) is 0.447. The number of carbonyl (C=O) groups is 4. The summed E-state index contributed by atoms with van der Waals surface area (Å²) in [4.78, 5) is 68.9. The number of imide groups is 2. The van der Waals surface area contributed by atoms with Crippen LogP contribution in [0, 0.1) is 5.41 Å². The van der Waals surface area contributed by atoms with Crippen LogP contribution in [0.15, 0.2) is 41.3 Å². The van der Waals surface area contributed by atoms with Crippen LogP contribution in [0.4, 0.5) is 5.69 Å². The van der Waals surface area contributed by atoms with Crippen molar-refractivity contribution in [3.05, 3.63) is 74.7 Å². The summed E-state index contributed by atoms with van der Waals surface area (Å²) < 4.78 is 13.5.